The average molecular weight is 753 g/mol. The highest BCUT2D eigenvalue weighted by Gasteiger charge is 2.39. The predicted molar refractivity (Wildman–Crippen MR) is 248 cm³/mol. The van der Waals surface area contributed by atoms with Crippen LogP contribution in [0.4, 0.5) is 17.1 Å². The predicted octanol–water partition coefficient (Wildman–Crippen LogP) is 14.8. The standard InChI is InChI=1S/C57H40N2/c1-57(2)53-38-41(31-35-49(53)51-36-37-52-50-24-14-15-25-54(50)59(56(52)55(51)57)44-20-10-5-11-21-44)47-34-30-40(46-22-12-13-23-48(46)47)29-26-39-27-32-45(33-28-39)58(42-16-6-3-7-17-42)43-18-8-4-9-19-43/h3-25,27-28,30-38H,1-2H3. The van der Waals surface area contributed by atoms with Gasteiger partial charge in [-0.3, -0.25) is 0 Å². The molecule has 0 amide bonds. The van der Waals surface area contributed by atoms with E-state index in [0.717, 1.165) is 33.6 Å². The van der Waals surface area contributed by atoms with Gasteiger partial charge in [0.25, 0.3) is 0 Å². The van der Waals surface area contributed by atoms with E-state index in [2.05, 4.69) is 241 Å². The summed E-state index contributed by atoms with van der Waals surface area (Å²) < 4.78 is 2.48. The molecule has 10 aromatic rings. The van der Waals surface area contributed by atoms with Crippen LogP contribution in [0, 0.1) is 11.8 Å². The van der Waals surface area contributed by atoms with Gasteiger partial charge in [-0.05, 0) is 123 Å². The van der Waals surface area contributed by atoms with Crippen LogP contribution in [0.5, 0.6) is 0 Å². The zero-order valence-corrected chi connectivity index (χ0v) is 33.0. The third-order valence-corrected chi connectivity index (χ3v) is 12.2. The molecule has 0 aliphatic heterocycles. The van der Waals surface area contributed by atoms with Gasteiger partial charge in [0.15, 0.2) is 0 Å². The molecule has 0 unspecified atom stereocenters. The van der Waals surface area contributed by atoms with Crippen molar-refractivity contribution in [3.8, 4) is 39.8 Å². The molecule has 11 rings (SSSR count). The Kier molecular flexibility index (Phi) is 8.10. The number of nitrogens with zero attached hydrogens (tertiary/aromatic N) is 2. The molecule has 59 heavy (non-hydrogen) atoms. The van der Waals surface area contributed by atoms with Crippen LogP contribution in [0.3, 0.4) is 0 Å². The average Bonchev–Trinajstić information content (AvgIpc) is 3.75. The molecule has 0 saturated heterocycles. The highest BCUT2D eigenvalue weighted by molar-refractivity contribution is 6.13. The minimum absolute atomic E-state index is 0.225. The van der Waals surface area contributed by atoms with Gasteiger partial charge < -0.3 is 9.47 Å². The van der Waals surface area contributed by atoms with Crippen LogP contribution in [0.25, 0.3) is 60.5 Å². The van der Waals surface area contributed by atoms with Gasteiger partial charge >= 0.3 is 0 Å². The van der Waals surface area contributed by atoms with Crippen LogP contribution in [-0.2, 0) is 5.41 Å². The van der Waals surface area contributed by atoms with Crippen molar-refractivity contribution in [1.29, 1.82) is 0 Å². The van der Waals surface area contributed by atoms with E-state index in [4.69, 9.17) is 0 Å². The Labute approximate surface area is 345 Å². The largest absolute Gasteiger partial charge is 0.311 e. The quantitative estimate of drug-likeness (QED) is 0.159. The highest BCUT2D eigenvalue weighted by Crippen LogP contribution is 2.54. The van der Waals surface area contributed by atoms with E-state index >= 15 is 0 Å². The van der Waals surface area contributed by atoms with Crippen molar-refractivity contribution in [3.05, 3.63) is 229 Å². The van der Waals surface area contributed by atoms with Gasteiger partial charge in [0.05, 0.1) is 11.0 Å². The number of fused-ring (bicyclic) bond motifs is 8. The van der Waals surface area contributed by atoms with Crippen LogP contribution in [0.1, 0.15) is 36.1 Å². The molecular weight excluding hydrogens is 713 g/mol. The molecule has 0 saturated carbocycles. The smallest absolute Gasteiger partial charge is 0.0588 e. The molecule has 1 aliphatic rings. The van der Waals surface area contributed by atoms with E-state index in [9.17, 15) is 0 Å². The Balaban J connectivity index is 0.962. The molecule has 0 spiro atoms. The Morgan fingerprint density at radius 3 is 1.73 bits per heavy atom. The van der Waals surface area contributed by atoms with Crippen LogP contribution in [0.2, 0.25) is 0 Å². The maximum absolute atomic E-state index is 3.54. The summed E-state index contributed by atoms with van der Waals surface area (Å²) >= 11 is 0. The summed E-state index contributed by atoms with van der Waals surface area (Å²) in [5.74, 6) is 7.02. The van der Waals surface area contributed by atoms with E-state index in [-0.39, 0.29) is 5.41 Å². The summed E-state index contributed by atoms with van der Waals surface area (Å²) in [6.45, 7) is 4.80. The molecule has 9 aromatic carbocycles. The van der Waals surface area contributed by atoms with Crippen molar-refractivity contribution in [2.45, 2.75) is 19.3 Å². The number of anilines is 3. The molecule has 0 bridgehead atoms. The Morgan fingerprint density at radius 2 is 1.02 bits per heavy atom. The summed E-state index contributed by atoms with van der Waals surface area (Å²) in [6, 6.07) is 74.1. The monoisotopic (exact) mass is 752 g/mol. The van der Waals surface area contributed by atoms with Crippen LogP contribution < -0.4 is 4.90 Å². The molecule has 0 fully saturated rings. The zero-order chi connectivity index (χ0) is 39.5. The van der Waals surface area contributed by atoms with E-state index in [1.165, 1.54) is 66.3 Å². The summed E-state index contributed by atoms with van der Waals surface area (Å²) in [6.07, 6.45) is 0. The number of benzene rings is 9. The van der Waals surface area contributed by atoms with Crippen LogP contribution >= 0.6 is 0 Å². The second kappa shape index (κ2) is 13.8. The Hall–Kier alpha value is -7.60. The van der Waals surface area contributed by atoms with Gasteiger partial charge in [0.1, 0.15) is 0 Å². The molecule has 1 heterocycles. The second-order valence-corrected chi connectivity index (χ2v) is 16.0. The van der Waals surface area contributed by atoms with Crippen LogP contribution in [0.15, 0.2) is 206 Å². The van der Waals surface area contributed by atoms with Gasteiger partial charge in [-0.1, -0.05) is 153 Å². The first-order chi connectivity index (χ1) is 29.0. The van der Waals surface area contributed by atoms with Crippen molar-refractivity contribution in [3.63, 3.8) is 0 Å². The van der Waals surface area contributed by atoms with Crippen molar-refractivity contribution < 1.29 is 0 Å². The van der Waals surface area contributed by atoms with Crippen molar-refractivity contribution >= 4 is 49.6 Å². The zero-order valence-electron chi connectivity index (χ0n) is 33.0. The second-order valence-electron chi connectivity index (χ2n) is 16.0. The lowest BCUT2D eigenvalue weighted by atomic mass is 9.80. The maximum atomic E-state index is 3.54. The minimum Gasteiger partial charge on any atom is -0.311 e. The highest BCUT2D eigenvalue weighted by atomic mass is 15.1. The van der Waals surface area contributed by atoms with Crippen molar-refractivity contribution in [2.24, 2.45) is 0 Å². The van der Waals surface area contributed by atoms with Crippen molar-refractivity contribution in [1.82, 2.24) is 4.57 Å². The third-order valence-electron chi connectivity index (χ3n) is 12.2. The molecule has 2 nitrogen and oxygen atoms in total. The topological polar surface area (TPSA) is 8.17 Å². The number of aromatic nitrogens is 1. The fourth-order valence-electron chi connectivity index (χ4n) is 9.45. The normalized spacial score (nSPS) is 12.6. The Bertz CT molecular complexity index is 3230. The molecule has 0 N–H and O–H groups in total. The summed E-state index contributed by atoms with van der Waals surface area (Å²) in [4.78, 5) is 2.27. The number of hydrogen-bond donors (Lipinski definition) is 0. The van der Waals surface area contributed by atoms with Gasteiger partial charge in [-0.15, -0.1) is 0 Å². The SMILES string of the molecule is CC1(C)c2cc(-c3ccc(C#Cc4ccc(N(c5ccccc5)c5ccccc5)cc4)c4ccccc34)ccc2-c2ccc3c4ccccc4n(-c4ccccc4)c3c21. The first-order valence-electron chi connectivity index (χ1n) is 20.4. The third kappa shape index (κ3) is 5.66. The summed E-state index contributed by atoms with van der Waals surface area (Å²) in [5, 5.41) is 4.94. The van der Waals surface area contributed by atoms with E-state index in [1.54, 1.807) is 0 Å². The van der Waals surface area contributed by atoms with E-state index < -0.39 is 0 Å². The number of para-hydroxylation sites is 4. The minimum atomic E-state index is -0.225. The van der Waals surface area contributed by atoms with E-state index in [1.807, 2.05) is 0 Å². The van der Waals surface area contributed by atoms with Gasteiger partial charge in [-0.2, -0.15) is 0 Å². The first-order valence-corrected chi connectivity index (χ1v) is 20.4. The van der Waals surface area contributed by atoms with Gasteiger partial charge in [0, 0.05) is 50.1 Å². The molecule has 1 aromatic heterocycles. The lowest BCUT2D eigenvalue weighted by molar-refractivity contribution is 0.664. The first kappa shape index (κ1) is 34.6. The Morgan fingerprint density at radius 1 is 0.441 bits per heavy atom. The molecule has 0 atom stereocenters. The van der Waals surface area contributed by atoms with Gasteiger partial charge in [0.2, 0.25) is 0 Å². The van der Waals surface area contributed by atoms with E-state index in [0.29, 0.717) is 0 Å². The van der Waals surface area contributed by atoms with Crippen LogP contribution in [-0.4, -0.2) is 4.57 Å². The fraction of sp³-hybridized carbons (Fsp3) is 0.0526. The molecule has 2 heteroatoms. The molecule has 278 valence electrons. The fourth-order valence-corrected chi connectivity index (χ4v) is 9.45. The summed E-state index contributed by atoms with van der Waals surface area (Å²) in [5.41, 5.74) is 16.6. The maximum Gasteiger partial charge on any atom is 0.0588 e. The number of rotatable bonds is 5. The molecule has 1 aliphatic carbocycles. The molecular formula is C57H40N2. The lowest BCUT2D eigenvalue weighted by Crippen LogP contribution is -2.16. The van der Waals surface area contributed by atoms with Gasteiger partial charge in [-0.25, -0.2) is 0 Å². The summed E-state index contributed by atoms with van der Waals surface area (Å²) in [7, 11) is 0. The molecule has 0 radical (unpaired) electrons. The van der Waals surface area contributed by atoms with Crippen molar-refractivity contribution in [2.75, 3.05) is 4.90 Å². The lowest BCUT2D eigenvalue weighted by Gasteiger charge is -2.25. The number of hydrogen-bond acceptors (Lipinski definition) is 1.